The molecule has 0 amide bonds. The van der Waals surface area contributed by atoms with Crippen LogP contribution in [-0.2, 0) is 11.3 Å². The van der Waals surface area contributed by atoms with Crippen LogP contribution in [0.4, 0.5) is 0 Å². The molecule has 0 spiro atoms. The third kappa shape index (κ3) is 3.87. The van der Waals surface area contributed by atoms with Gasteiger partial charge in [-0.2, -0.15) is 0 Å². The lowest BCUT2D eigenvalue weighted by Crippen LogP contribution is -2.11. The number of hydrogen-bond donors (Lipinski definition) is 1. The standard InChI is InChI=1S/C13H17NO2/c1-10(15)4-5-11-8-13(16)7-6-12(11)9-14(2)3/h4-8,16H,9H2,1-3H3/b5-4+. The van der Waals surface area contributed by atoms with Gasteiger partial charge in [0, 0.05) is 6.54 Å². The van der Waals surface area contributed by atoms with Gasteiger partial charge in [0.1, 0.15) is 5.75 Å². The van der Waals surface area contributed by atoms with Crippen LogP contribution in [-0.4, -0.2) is 29.9 Å². The maximum absolute atomic E-state index is 10.9. The Morgan fingerprint density at radius 1 is 1.44 bits per heavy atom. The van der Waals surface area contributed by atoms with Crippen LogP contribution in [0, 0.1) is 0 Å². The van der Waals surface area contributed by atoms with Gasteiger partial charge in [-0.1, -0.05) is 12.1 Å². The van der Waals surface area contributed by atoms with Gasteiger partial charge in [0.05, 0.1) is 0 Å². The normalized spacial score (nSPS) is 11.2. The molecule has 0 unspecified atom stereocenters. The highest BCUT2D eigenvalue weighted by atomic mass is 16.3. The summed E-state index contributed by atoms with van der Waals surface area (Å²) in [6.07, 6.45) is 3.24. The fraction of sp³-hybridized carbons (Fsp3) is 0.308. The van der Waals surface area contributed by atoms with Crippen molar-refractivity contribution in [2.45, 2.75) is 13.5 Å². The zero-order chi connectivity index (χ0) is 12.1. The fourth-order valence-corrected chi connectivity index (χ4v) is 1.43. The monoisotopic (exact) mass is 219 g/mol. The zero-order valence-corrected chi connectivity index (χ0v) is 9.90. The number of allylic oxidation sites excluding steroid dienone is 1. The van der Waals surface area contributed by atoms with Crippen LogP contribution < -0.4 is 0 Å². The molecule has 0 aromatic heterocycles. The minimum atomic E-state index is -0.000791. The predicted molar refractivity (Wildman–Crippen MR) is 65.2 cm³/mol. The smallest absolute Gasteiger partial charge is 0.152 e. The Hall–Kier alpha value is -1.61. The number of hydrogen-bond acceptors (Lipinski definition) is 3. The molecule has 0 aliphatic carbocycles. The number of phenolic OH excluding ortho intramolecular Hbond substituents is 1. The number of carbonyl (C=O) groups excluding carboxylic acids is 1. The summed E-state index contributed by atoms with van der Waals surface area (Å²) in [6.45, 7) is 2.28. The lowest BCUT2D eigenvalue weighted by molar-refractivity contribution is -0.112. The van der Waals surface area contributed by atoms with Crippen LogP contribution >= 0.6 is 0 Å². The van der Waals surface area contributed by atoms with Gasteiger partial charge in [-0.25, -0.2) is 0 Å². The highest BCUT2D eigenvalue weighted by Crippen LogP contribution is 2.19. The third-order valence-electron chi connectivity index (χ3n) is 2.11. The Kier molecular flexibility index (Phi) is 4.26. The molecule has 0 radical (unpaired) electrons. The number of aromatic hydroxyl groups is 1. The molecule has 0 aliphatic rings. The van der Waals surface area contributed by atoms with E-state index in [-0.39, 0.29) is 11.5 Å². The molecule has 1 aromatic rings. The third-order valence-corrected chi connectivity index (χ3v) is 2.11. The minimum Gasteiger partial charge on any atom is -0.508 e. The fourth-order valence-electron chi connectivity index (χ4n) is 1.43. The summed E-state index contributed by atoms with van der Waals surface area (Å²) in [7, 11) is 3.96. The molecule has 0 bridgehead atoms. The van der Waals surface area contributed by atoms with Crippen LogP contribution in [0.15, 0.2) is 24.3 Å². The average Bonchev–Trinajstić information content (AvgIpc) is 2.17. The molecule has 16 heavy (non-hydrogen) atoms. The van der Waals surface area contributed by atoms with Crippen LogP contribution in [0.3, 0.4) is 0 Å². The molecule has 1 N–H and O–H groups in total. The van der Waals surface area contributed by atoms with Crippen molar-refractivity contribution >= 4 is 11.9 Å². The van der Waals surface area contributed by atoms with Crippen LogP contribution in [0.2, 0.25) is 0 Å². The first-order valence-corrected chi connectivity index (χ1v) is 5.14. The van der Waals surface area contributed by atoms with Crippen molar-refractivity contribution in [1.82, 2.24) is 4.90 Å². The lowest BCUT2D eigenvalue weighted by atomic mass is 10.1. The van der Waals surface area contributed by atoms with Crippen molar-refractivity contribution in [3.05, 3.63) is 35.4 Å². The van der Waals surface area contributed by atoms with E-state index in [1.54, 1.807) is 18.2 Å². The second-order valence-electron chi connectivity index (χ2n) is 4.06. The van der Waals surface area contributed by atoms with Gasteiger partial charge < -0.3 is 10.0 Å². The summed E-state index contributed by atoms with van der Waals surface area (Å²) in [6, 6.07) is 5.19. The van der Waals surface area contributed by atoms with Crippen molar-refractivity contribution in [1.29, 1.82) is 0 Å². The van der Waals surface area contributed by atoms with E-state index in [1.165, 1.54) is 13.0 Å². The Bertz CT molecular complexity index is 408. The average molecular weight is 219 g/mol. The van der Waals surface area contributed by atoms with E-state index in [9.17, 15) is 9.90 Å². The summed E-state index contributed by atoms with van der Waals surface area (Å²) >= 11 is 0. The Labute approximate surface area is 96.0 Å². The zero-order valence-electron chi connectivity index (χ0n) is 9.90. The molecule has 0 saturated carbocycles. The van der Waals surface area contributed by atoms with E-state index in [0.717, 1.165) is 17.7 Å². The molecule has 0 aliphatic heterocycles. The summed E-state index contributed by atoms with van der Waals surface area (Å²) in [4.78, 5) is 12.9. The molecule has 3 nitrogen and oxygen atoms in total. The highest BCUT2D eigenvalue weighted by Gasteiger charge is 2.02. The molecule has 0 fully saturated rings. The molecule has 1 rings (SSSR count). The number of phenols is 1. The molecule has 0 heterocycles. The Balaban J connectivity index is 3.03. The summed E-state index contributed by atoms with van der Waals surface area (Å²) < 4.78 is 0. The second-order valence-corrected chi connectivity index (χ2v) is 4.06. The quantitative estimate of drug-likeness (QED) is 0.788. The van der Waals surface area contributed by atoms with Crippen molar-refractivity contribution in [2.75, 3.05) is 14.1 Å². The lowest BCUT2D eigenvalue weighted by Gasteiger charge is -2.12. The number of benzene rings is 1. The molecular weight excluding hydrogens is 202 g/mol. The van der Waals surface area contributed by atoms with E-state index < -0.39 is 0 Å². The van der Waals surface area contributed by atoms with E-state index >= 15 is 0 Å². The van der Waals surface area contributed by atoms with E-state index in [0.29, 0.717) is 0 Å². The van der Waals surface area contributed by atoms with Crippen LogP contribution in [0.25, 0.3) is 6.08 Å². The van der Waals surface area contributed by atoms with Gasteiger partial charge in [0.2, 0.25) is 0 Å². The first-order chi connectivity index (χ1) is 7.49. The molecule has 3 heteroatoms. The van der Waals surface area contributed by atoms with E-state index in [2.05, 4.69) is 0 Å². The van der Waals surface area contributed by atoms with Crippen molar-refractivity contribution in [3.8, 4) is 5.75 Å². The summed E-state index contributed by atoms with van der Waals surface area (Å²) in [5.74, 6) is 0.213. The second kappa shape index (κ2) is 5.47. The topological polar surface area (TPSA) is 40.5 Å². The highest BCUT2D eigenvalue weighted by molar-refractivity contribution is 5.91. The predicted octanol–water partition coefficient (Wildman–Crippen LogP) is 2.06. The number of carbonyl (C=O) groups is 1. The molecular formula is C13H17NO2. The SMILES string of the molecule is CC(=O)/C=C/c1cc(O)ccc1CN(C)C. The minimum absolute atomic E-state index is 0.000791. The molecule has 1 aromatic carbocycles. The van der Waals surface area contributed by atoms with Gasteiger partial charge in [-0.05, 0) is 50.4 Å². The maximum Gasteiger partial charge on any atom is 0.152 e. The first kappa shape index (κ1) is 12.5. The summed E-state index contributed by atoms with van der Waals surface area (Å²) in [5, 5.41) is 9.40. The largest absolute Gasteiger partial charge is 0.508 e. The summed E-state index contributed by atoms with van der Waals surface area (Å²) in [5.41, 5.74) is 1.96. The first-order valence-electron chi connectivity index (χ1n) is 5.14. The number of rotatable bonds is 4. The molecule has 86 valence electrons. The van der Waals surface area contributed by atoms with Gasteiger partial charge in [0.15, 0.2) is 5.78 Å². The van der Waals surface area contributed by atoms with E-state index in [1.807, 2.05) is 25.1 Å². The maximum atomic E-state index is 10.9. The van der Waals surface area contributed by atoms with Crippen molar-refractivity contribution in [3.63, 3.8) is 0 Å². The Morgan fingerprint density at radius 2 is 2.12 bits per heavy atom. The number of nitrogens with zero attached hydrogens (tertiary/aromatic N) is 1. The molecule has 0 atom stereocenters. The van der Waals surface area contributed by atoms with Crippen LogP contribution in [0.1, 0.15) is 18.1 Å². The van der Waals surface area contributed by atoms with Crippen LogP contribution in [0.5, 0.6) is 5.75 Å². The Morgan fingerprint density at radius 3 is 2.69 bits per heavy atom. The van der Waals surface area contributed by atoms with Gasteiger partial charge in [-0.3, -0.25) is 4.79 Å². The van der Waals surface area contributed by atoms with E-state index in [4.69, 9.17) is 0 Å². The van der Waals surface area contributed by atoms with Crippen molar-refractivity contribution in [2.24, 2.45) is 0 Å². The number of ketones is 1. The van der Waals surface area contributed by atoms with Gasteiger partial charge >= 0.3 is 0 Å². The van der Waals surface area contributed by atoms with Crippen molar-refractivity contribution < 1.29 is 9.90 Å². The van der Waals surface area contributed by atoms with Gasteiger partial charge in [0.25, 0.3) is 0 Å². The molecule has 0 saturated heterocycles. The van der Waals surface area contributed by atoms with Gasteiger partial charge in [-0.15, -0.1) is 0 Å².